The lowest BCUT2D eigenvalue weighted by Gasteiger charge is -2.49. The van der Waals surface area contributed by atoms with Gasteiger partial charge in [-0.3, -0.25) is 14.5 Å². The summed E-state index contributed by atoms with van der Waals surface area (Å²) in [7, 11) is 0. The van der Waals surface area contributed by atoms with E-state index in [-0.39, 0.29) is 16.5 Å². The van der Waals surface area contributed by atoms with Crippen LogP contribution in [-0.2, 0) is 14.4 Å². The number of thioether (sulfide) groups is 2. The quantitative estimate of drug-likeness (QED) is 0.208. The van der Waals surface area contributed by atoms with Gasteiger partial charge in [-0.2, -0.15) is 0 Å². The van der Waals surface area contributed by atoms with E-state index in [4.69, 9.17) is 5.73 Å². The number of nitrogen functional groups attached to an aromatic ring is 1. The smallest absolute Gasteiger partial charge is 0.352 e. The number of allylic oxidation sites excluding steroid dienone is 1. The van der Waals surface area contributed by atoms with E-state index in [1.54, 1.807) is 17.0 Å². The zero-order valence-electron chi connectivity index (χ0n) is 15.7. The number of hydrogen-bond donors (Lipinski definition) is 3. The highest BCUT2D eigenvalue weighted by Crippen LogP contribution is 2.41. The molecule has 2 atom stereocenters. The van der Waals surface area contributed by atoms with Gasteiger partial charge < -0.3 is 26.5 Å². The van der Waals surface area contributed by atoms with E-state index in [0.717, 1.165) is 16.2 Å². The minimum Gasteiger partial charge on any atom is -0.791 e. The van der Waals surface area contributed by atoms with Crippen LogP contribution >= 0.6 is 46.2 Å². The minimum absolute atomic E-state index is 0.00593. The zero-order chi connectivity index (χ0) is 22.8. The van der Waals surface area contributed by atoms with Gasteiger partial charge in [0.1, 0.15) is 34.0 Å². The number of thiazole rings is 1. The molecule has 1 saturated heterocycles. The van der Waals surface area contributed by atoms with Crippen LogP contribution < -0.4 is 11.1 Å². The number of rotatable bonds is 7. The molecule has 1 fully saturated rings. The van der Waals surface area contributed by atoms with E-state index in [1.807, 2.05) is 0 Å². The van der Waals surface area contributed by atoms with Crippen molar-refractivity contribution in [3.05, 3.63) is 44.5 Å². The summed E-state index contributed by atoms with van der Waals surface area (Å²) in [6.45, 7) is 0. The number of amides is 2. The van der Waals surface area contributed by atoms with E-state index in [1.165, 1.54) is 40.2 Å². The number of nitrogens with zero attached hydrogens (tertiary/aromatic N) is 5. The average Bonchev–Trinajstić information content (AvgIpc) is 3.44. The number of carboxylic acids is 1. The van der Waals surface area contributed by atoms with Gasteiger partial charge in [-0.05, 0) is 17.1 Å². The van der Waals surface area contributed by atoms with Crippen LogP contribution in [0.1, 0.15) is 5.69 Å². The zero-order valence-corrected chi connectivity index (χ0v) is 19.0. The first-order chi connectivity index (χ1) is 15.4. The maximum Gasteiger partial charge on any atom is 0.352 e. The number of hydrogen-bond acceptors (Lipinski definition) is 13. The number of β-lactam (4-membered cyclic amide) rings is 1. The van der Waals surface area contributed by atoms with Gasteiger partial charge in [0, 0.05) is 11.1 Å². The number of carbonyl (C=O) groups is 3. The summed E-state index contributed by atoms with van der Waals surface area (Å²) in [4.78, 5) is 42.1. The topological polar surface area (TPSA) is 187 Å². The highest BCUT2D eigenvalue weighted by Gasteiger charge is 2.54. The fourth-order valence-corrected chi connectivity index (χ4v) is 6.08. The van der Waals surface area contributed by atoms with Crippen molar-refractivity contribution in [1.82, 2.24) is 25.4 Å². The predicted molar refractivity (Wildman–Crippen MR) is 121 cm³/mol. The molecule has 0 saturated carbocycles. The third-order valence-corrected chi connectivity index (χ3v) is 7.93. The number of aromatic nitrogens is 3. The van der Waals surface area contributed by atoms with E-state index in [2.05, 4.69) is 25.7 Å². The van der Waals surface area contributed by atoms with Gasteiger partial charge in [0.25, 0.3) is 11.8 Å². The molecule has 0 bridgehead atoms. The van der Waals surface area contributed by atoms with Crippen molar-refractivity contribution in [3.63, 3.8) is 0 Å². The Morgan fingerprint density at radius 1 is 1.44 bits per heavy atom. The van der Waals surface area contributed by atoms with Crippen LogP contribution in [0.3, 0.4) is 0 Å². The van der Waals surface area contributed by atoms with Crippen LogP contribution in [0.25, 0.3) is 0 Å². The second kappa shape index (κ2) is 9.27. The summed E-state index contributed by atoms with van der Waals surface area (Å²) >= 11 is 4.95. The Kier molecular flexibility index (Phi) is 6.45. The van der Waals surface area contributed by atoms with Gasteiger partial charge in [0.15, 0.2) is 9.47 Å². The van der Waals surface area contributed by atoms with Crippen molar-refractivity contribution in [2.24, 2.45) is 5.16 Å². The molecule has 2 aliphatic rings. The summed E-state index contributed by atoms with van der Waals surface area (Å²) < 4.78 is 0.695. The summed E-state index contributed by atoms with van der Waals surface area (Å²) in [6, 6.07) is -1.00. The van der Waals surface area contributed by atoms with Crippen molar-refractivity contribution < 1.29 is 19.5 Å². The van der Waals surface area contributed by atoms with Gasteiger partial charge in [0.05, 0.1) is 0 Å². The largest absolute Gasteiger partial charge is 0.791 e. The first-order valence-corrected chi connectivity index (χ1v) is 12.3. The van der Waals surface area contributed by atoms with E-state index in [0.29, 0.717) is 15.7 Å². The maximum absolute atomic E-state index is 12.7. The Bertz CT molecular complexity index is 1160. The van der Waals surface area contributed by atoms with E-state index < -0.39 is 34.9 Å². The lowest BCUT2D eigenvalue weighted by atomic mass is 10.0. The highest BCUT2D eigenvalue weighted by molar-refractivity contribution is 8.03. The molecule has 0 aromatic carbocycles. The number of nitrogens with two attached hydrogens (primary N) is 1. The molecule has 2 aliphatic heterocycles. The van der Waals surface area contributed by atoms with Crippen molar-refractivity contribution in [3.8, 4) is 0 Å². The number of carbonyl (C=O) groups excluding carboxylic acids is 2. The predicted octanol–water partition coefficient (Wildman–Crippen LogP) is 0.908. The van der Waals surface area contributed by atoms with Crippen LogP contribution in [0.2, 0.25) is 0 Å². The molecule has 166 valence electrons. The number of carboxylic acid groups (broad SMARTS) is 1. The average molecular weight is 511 g/mol. The highest BCUT2D eigenvalue weighted by atomic mass is 32.2. The Morgan fingerprint density at radius 2 is 2.25 bits per heavy atom. The number of fused-ring (bicyclic) bond motifs is 1. The Labute approximate surface area is 196 Å². The third kappa shape index (κ3) is 4.21. The van der Waals surface area contributed by atoms with Crippen LogP contribution in [0, 0.1) is 5.21 Å². The lowest BCUT2D eigenvalue weighted by molar-refractivity contribution is -0.150. The summed E-state index contributed by atoms with van der Waals surface area (Å²) in [5, 5.41) is 36.2. The maximum atomic E-state index is 12.7. The first kappa shape index (κ1) is 22.3. The van der Waals surface area contributed by atoms with Gasteiger partial charge in [0.2, 0.25) is 0 Å². The molecule has 2 amide bonds. The molecule has 32 heavy (non-hydrogen) atoms. The summed E-state index contributed by atoms with van der Waals surface area (Å²) in [6.07, 6.45) is 1.62. The number of aliphatic carboxylic acids is 1. The fraction of sp³-hybridized carbons (Fsp3) is 0.188. The summed E-state index contributed by atoms with van der Waals surface area (Å²) in [5.41, 5.74) is 6.91. The van der Waals surface area contributed by atoms with Crippen molar-refractivity contribution in [2.45, 2.75) is 15.8 Å². The first-order valence-electron chi connectivity index (χ1n) is 8.63. The molecule has 16 heteroatoms. The monoisotopic (exact) mass is 510 g/mol. The second-order valence-corrected chi connectivity index (χ2v) is 10.2. The molecule has 4 N–H and O–H groups in total. The molecule has 2 aromatic rings. The Balaban J connectivity index is 1.48. The van der Waals surface area contributed by atoms with Crippen molar-refractivity contribution >= 4 is 74.8 Å². The minimum atomic E-state index is -1.26. The van der Waals surface area contributed by atoms with Gasteiger partial charge in [-0.1, -0.05) is 23.1 Å². The lowest BCUT2D eigenvalue weighted by Crippen LogP contribution is -2.71. The molecule has 12 nitrogen and oxygen atoms in total. The molecule has 4 rings (SSSR count). The molecule has 0 radical (unpaired) electrons. The van der Waals surface area contributed by atoms with Gasteiger partial charge >= 0.3 is 5.97 Å². The molecular formula is C16H12N7O5S4-. The van der Waals surface area contributed by atoms with E-state index in [9.17, 15) is 24.7 Å². The Morgan fingerprint density at radius 3 is 2.88 bits per heavy atom. The normalized spacial score (nSPS) is 20.9. The van der Waals surface area contributed by atoms with Crippen LogP contribution in [-0.4, -0.2) is 65.9 Å². The van der Waals surface area contributed by atoms with E-state index >= 15 is 0 Å². The number of anilines is 1. The molecule has 2 aromatic heterocycles. The van der Waals surface area contributed by atoms with Crippen LogP contribution in [0.4, 0.5) is 5.13 Å². The van der Waals surface area contributed by atoms with Crippen LogP contribution in [0.5, 0.6) is 0 Å². The summed E-state index contributed by atoms with van der Waals surface area (Å²) in [5.74, 6) is -2.43. The fourth-order valence-electron chi connectivity index (χ4n) is 2.97. The molecule has 0 spiro atoms. The molecular weight excluding hydrogens is 498 g/mol. The van der Waals surface area contributed by atoms with Crippen molar-refractivity contribution in [2.75, 3.05) is 11.5 Å². The second-order valence-electron chi connectivity index (χ2n) is 6.18. The SMILES string of the molecule is Nc1nc(/C(=N/[O-])C(=O)N[C@@H]2C(=O)N3C(C(=O)O)=C(/C=C/Sc4nncs4)CS[C@H]23)cs1. The third-order valence-electron chi connectivity index (χ3n) is 4.34. The van der Waals surface area contributed by atoms with Crippen molar-refractivity contribution in [1.29, 1.82) is 0 Å². The number of nitrogens with one attached hydrogen (secondary N) is 1. The van der Waals surface area contributed by atoms with Crippen LogP contribution in [0.15, 0.2) is 43.1 Å². The molecule has 0 unspecified atom stereocenters. The molecule has 0 aliphatic carbocycles. The van der Waals surface area contributed by atoms with Gasteiger partial charge in [-0.15, -0.1) is 33.3 Å². The van der Waals surface area contributed by atoms with Gasteiger partial charge in [-0.25, -0.2) is 9.78 Å². The standard InChI is InChI=1S/C16H13N7O5S4/c17-15-19-7(4-31-15)8(22-28)11(24)20-9-12(25)23-10(14(26)27)6(3-30-13(9)23)1-2-29-16-21-18-5-32-16/h1-2,4-5,9,13,28H,3H2,(H2,17,19)(H,20,24)(H,26,27)/p-1/b2-1+,22-8-/t9-,13-/m1/s1. The molecule has 4 heterocycles. The Hall–Kier alpha value is -2.95.